The first-order chi connectivity index (χ1) is 10.2. The first-order valence-corrected chi connectivity index (χ1v) is 7.86. The summed E-state index contributed by atoms with van der Waals surface area (Å²) >= 11 is 3.62. The van der Waals surface area contributed by atoms with Crippen molar-refractivity contribution in [1.82, 2.24) is 9.97 Å². The molecule has 0 aliphatic heterocycles. The molecule has 2 aromatic rings. The molecule has 1 fully saturated rings. The van der Waals surface area contributed by atoms with Crippen molar-refractivity contribution in [2.45, 2.75) is 24.9 Å². The monoisotopic (exact) mass is 347 g/mol. The average molecular weight is 348 g/mol. The molecule has 3 rings (SSSR count). The van der Waals surface area contributed by atoms with Gasteiger partial charge >= 0.3 is 0 Å². The summed E-state index contributed by atoms with van der Waals surface area (Å²) in [5, 5.41) is 3.14. The number of rotatable bonds is 5. The first kappa shape index (κ1) is 14.5. The molecule has 1 heterocycles. The van der Waals surface area contributed by atoms with E-state index in [4.69, 9.17) is 9.72 Å². The third-order valence-electron chi connectivity index (χ3n) is 3.67. The van der Waals surface area contributed by atoms with Gasteiger partial charge in [0, 0.05) is 20.1 Å². The highest BCUT2D eigenvalue weighted by Gasteiger charge is 2.30. The van der Waals surface area contributed by atoms with Gasteiger partial charge in [-0.3, -0.25) is 0 Å². The van der Waals surface area contributed by atoms with E-state index in [9.17, 15) is 0 Å². The fourth-order valence-electron chi connectivity index (χ4n) is 2.41. The van der Waals surface area contributed by atoms with E-state index >= 15 is 0 Å². The molecule has 1 aliphatic rings. The standard InChI is InChI=1S/C16H18BrN3O/c1-18-15-12(17)13(10-8-9-10)19-16(20-15)14(21-2)11-6-4-3-5-7-11/h3-7,10,14H,8-9H2,1-2H3,(H,18,19,20). The molecule has 1 atom stereocenters. The van der Waals surface area contributed by atoms with Gasteiger partial charge < -0.3 is 10.1 Å². The third kappa shape index (κ3) is 2.94. The van der Waals surface area contributed by atoms with Gasteiger partial charge in [0.2, 0.25) is 0 Å². The average Bonchev–Trinajstić information content (AvgIpc) is 3.35. The molecule has 1 aromatic carbocycles. The molecule has 0 spiro atoms. The number of aromatic nitrogens is 2. The number of hydrogen-bond acceptors (Lipinski definition) is 4. The normalized spacial score (nSPS) is 15.8. The van der Waals surface area contributed by atoms with Crippen molar-refractivity contribution in [2.75, 3.05) is 19.5 Å². The van der Waals surface area contributed by atoms with Crippen LogP contribution in [0.4, 0.5) is 5.82 Å². The fourth-order valence-corrected chi connectivity index (χ4v) is 3.11. The van der Waals surface area contributed by atoms with Crippen LogP contribution in [-0.2, 0) is 4.74 Å². The smallest absolute Gasteiger partial charge is 0.164 e. The molecule has 1 saturated carbocycles. The number of methoxy groups -OCH3 is 1. The number of hydrogen-bond donors (Lipinski definition) is 1. The van der Waals surface area contributed by atoms with Crippen LogP contribution in [0.25, 0.3) is 0 Å². The van der Waals surface area contributed by atoms with E-state index in [1.165, 1.54) is 12.8 Å². The van der Waals surface area contributed by atoms with Crippen LogP contribution in [0.2, 0.25) is 0 Å². The topological polar surface area (TPSA) is 47.0 Å². The molecule has 0 amide bonds. The van der Waals surface area contributed by atoms with Crippen molar-refractivity contribution in [3.63, 3.8) is 0 Å². The molecule has 1 aromatic heterocycles. The Hall–Kier alpha value is -1.46. The minimum absolute atomic E-state index is 0.246. The van der Waals surface area contributed by atoms with E-state index in [-0.39, 0.29) is 6.10 Å². The molecule has 1 N–H and O–H groups in total. The second-order valence-corrected chi connectivity index (χ2v) is 5.97. The Morgan fingerprint density at radius 2 is 1.95 bits per heavy atom. The summed E-state index contributed by atoms with van der Waals surface area (Å²) < 4.78 is 6.62. The lowest BCUT2D eigenvalue weighted by molar-refractivity contribution is 0.129. The third-order valence-corrected chi connectivity index (χ3v) is 4.45. The quantitative estimate of drug-likeness (QED) is 0.890. The fraction of sp³-hybridized carbons (Fsp3) is 0.375. The second-order valence-electron chi connectivity index (χ2n) is 5.18. The molecule has 110 valence electrons. The summed E-state index contributed by atoms with van der Waals surface area (Å²) in [7, 11) is 3.57. The van der Waals surface area contributed by atoms with Gasteiger partial charge in [-0.1, -0.05) is 30.3 Å². The highest BCUT2D eigenvalue weighted by atomic mass is 79.9. The van der Waals surface area contributed by atoms with Gasteiger partial charge in [-0.25, -0.2) is 9.97 Å². The lowest BCUT2D eigenvalue weighted by atomic mass is 10.1. The van der Waals surface area contributed by atoms with Gasteiger partial charge in [-0.05, 0) is 34.3 Å². The Morgan fingerprint density at radius 3 is 2.52 bits per heavy atom. The Kier molecular flexibility index (Phi) is 4.22. The summed E-state index contributed by atoms with van der Waals surface area (Å²) in [5.41, 5.74) is 2.15. The Balaban J connectivity index is 2.06. The van der Waals surface area contributed by atoms with E-state index in [2.05, 4.69) is 26.2 Å². The Morgan fingerprint density at radius 1 is 1.24 bits per heavy atom. The highest BCUT2D eigenvalue weighted by molar-refractivity contribution is 9.10. The van der Waals surface area contributed by atoms with E-state index in [1.54, 1.807) is 7.11 Å². The minimum atomic E-state index is -0.246. The van der Waals surface area contributed by atoms with Gasteiger partial charge in [0.05, 0.1) is 10.2 Å². The van der Waals surface area contributed by atoms with Crippen LogP contribution >= 0.6 is 15.9 Å². The number of anilines is 1. The maximum atomic E-state index is 5.65. The van der Waals surface area contributed by atoms with Gasteiger partial charge in [0.1, 0.15) is 11.9 Å². The van der Waals surface area contributed by atoms with Crippen molar-refractivity contribution in [3.05, 3.63) is 51.9 Å². The Bertz CT molecular complexity index is 629. The minimum Gasteiger partial charge on any atom is -0.372 e. The molecule has 1 aliphatic carbocycles. The zero-order valence-electron chi connectivity index (χ0n) is 12.1. The van der Waals surface area contributed by atoms with Crippen LogP contribution in [-0.4, -0.2) is 24.1 Å². The highest BCUT2D eigenvalue weighted by Crippen LogP contribution is 2.44. The maximum Gasteiger partial charge on any atom is 0.164 e. The van der Waals surface area contributed by atoms with E-state index in [0.29, 0.717) is 11.7 Å². The van der Waals surface area contributed by atoms with Gasteiger partial charge in [0.15, 0.2) is 5.82 Å². The van der Waals surface area contributed by atoms with Crippen molar-refractivity contribution in [2.24, 2.45) is 0 Å². The van der Waals surface area contributed by atoms with Gasteiger partial charge in [0.25, 0.3) is 0 Å². The van der Waals surface area contributed by atoms with E-state index < -0.39 is 0 Å². The summed E-state index contributed by atoms with van der Waals surface area (Å²) in [5.74, 6) is 2.07. The number of nitrogens with one attached hydrogen (secondary N) is 1. The summed E-state index contributed by atoms with van der Waals surface area (Å²) in [6, 6.07) is 10.1. The number of halogens is 1. The molecular weight excluding hydrogens is 330 g/mol. The summed E-state index contributed by atoms with van der Waals surface area (Å²) in [4.78, 5) is 9.38. The molecule has 21 heavy (non-hydrogen) atoms. The van der Waals surface area contributed by atoms with E-state index in [1.807, 2.05) is 37.4 Å². The van der Waals surface area contributed by atoms with E-state index in [0.717, 1.165) is 21.5 Å². The summed E-state index contributed by atoms with van der Waals surface area (Å²) in [6.45, 7) is 0. The zero-order valence-corrected chi connectivity index (χ0v) is 13.7. The lowest BCUT2D eigenvalue weighted by Gasteiger charge is -2.17. The van der Waals surface area contributed by atoms with Gasteiger partial charge in [-0.2, -0.15) is 0 Å². The number of benzene rings is 1. The van der Waals surface area contributed by atoms with Crippen LogP contribution in [0.15, 0.2) is 34.8 Å². The van der Waals surface area contributed by atoms with Crippen LogP contribution in [0.1, 0.15) is 41.9 Å². The van der Waals surface area contributed by atoms with Crippen molar-refractivity contribution in [3.8, 4) is 0 Å². The van der Waals surface area contributed by atoms with Crippen molar-refractivity contribution in [1.29, 1.82) is 0 Å². The predicted molar refractivity (Wildman–Crippen MR) is 86.5 cm³/mol. The molecular formula is C16H18BrN3O. The molecule has 0 radical (unpaired) electrons. The predicted octanol–water partition coefficient (Wildman–Crippen LogP) is 3.89. The molecule has 0 bridgehead atoms. The molecule has 1 unspecified atom stereocenters. The lowest BCUT2D eigenvalue weighted by Crippen LogP contribution is -2.12. The first-order valence-electron chi connectivity index (χ1n) is 7.07. The zero-order chi connectivity index (χ0) is 14.8. The summed E-state index contributed by atoms with van der Waals surface area (Å²) in [6.07, 6.45) is 2.14. The van der Waals surface area contributed by atoms with Crippen molar-refractivity contribution < 1.29 is 4.74 Å². The molecule has 4 nitrogen and oxygen atoms in total. The molecule has 5 heteroatoms. The Labute approximate surface area is 133 Å². The largest absolute Gasteiger partial charge is 0.372 e. The van der Waals surface area contributed by atoms with Gasteiger partial charge in [-0.15, -0.1) is 0 Å². The second kappa shape index (κ2) is 6.12. The molecule has 0 saturated heterocycles. The SMILES string of the molecule is CNc1nc(C(OC)c2ccccc2)nc(C2CC2)c1Br. The number of ether oxygens (including phenoxy) is 1. The van der Waals surface area contributed by atoms with Crippen LogP contribution < -0.4 is 5.32 Å². The number of nitrogens with zero attached hydrogens (tertiary/aromatic N) is 2. The van der Waals surface area contributed by atoms with Crippen molar-refractivity contribution >= 4 is 21.7 Å². The van der Waals surface area contributed by atoms with Crippen LogP contribution in [0, 0.1) is 0 Å². The van der Waals surface area contributed by atoms with Crippen LogP contribution in [0.3, 0.4) is 0 Å². The van der Waals surface area contributed by atoms with Crippen LogP contribution in [0.5, 0.6) is 0 Å². The maximum absolute atomic E-state index is 5.65.